The second-order valence-electron chi connectivity index (χ2n) is 4.40. The van der Waals surface area contributed by atoms with Crippen LogP contribution < -0.4 is 4.74 Å². The Balaban J connectivity index is 2.28. The maximum atomic E-state index is 10.8. The largest absolute Gasteiger partial charge is 0.481 e. The smallest absolute Gasteiger partial charge is 0.307 e. The second kappa shape index (κ2) is 6.44. The van der Waals surface area contributed by atoms with Gasteiger partial charge in [-0.1, -0.05) is 42.8 Å². The number of benzene rings is 2. The Morgan fingerprint density at radius 2 is 1.95 bits per heavy atom. The number of carboxylic acids is 1. The molecule has 0 bridgehead atoms. The van der Waals surface area contributed by atoms with Crippen molar-refractivity contribution in [2.24, 2.45) is 0 Å². The molecular weight excluding hydrogens is 276 g/mol. The molecular formula is C16H15ClO3. The van der Waals surface area contributed by atoms with E-state index >= 15 is 0 Å². The van der Waals surface area contributed by atoms with Crippen molar-refractivity contribution >= 4 is 17.6 Å². The van der Waals surface area contributed by atoms with Gasteiger partial charge in [-0.15, -0.1) is 0 Å². The standard InChI is InChI=1S/C16H15ClO3/c1-2-11-7-8-15(13(17)9-11)20-14-6-4-3-5-12(14)10-16(18)19/h3-9H,2,10H2,1H3,(H,18,19). The third-order valence-electron chi connectivity index (χ3n) is 2.94. The minimum Gasteiger partial charge on any atom is -0.481 e. The van der Waals surface area contributed by atoms with Gasteiger partial charge in [-0.05, 0) is 30.2 Å². The summed E-state index contributed by atoms with van der Waals surface area (Å²) in [6, 6.07) is 12.7. The number of carbonyl (C=O) groups is 1. The molecule has 0 aliphatic heterocycles. The maximum absolute atomic E-state index is 10.8. The van der Waals surface area contributed by atoms with E-state index in [0.717, 1.165) is 12.0 Å². The van der Waals surface area contributed by atoms with E-state index in [0.29, 0.717) is 22.1 Å². The number of rotatable bonds is 5. The summed E-state index contributed by atoms with van der Waals surface area (Å²) in [6.07, 6.45) is 0.816. The number of halogens is 1. The molecule has 104 valence electrons. The van der Waals surface area contributed by atoms with Crippen LogP contribution in [0.4, 0.5) is 0 Å². The van der Waals surface area contributed by atoms with Gasteiger partial charge in [0.2, 0.25) is 0 Å². The van der Waals surface area contributed by atoms with Crippen molar-refractivity contribution in [2.45, 2.75) is 19.8 Å². The predicted molar refractivity (Wildman–Crippen MR) is 78.7 cm³/mol. The van der Waals surface area contributed by atoms with Gasteiger partial charge in [0.1, 0.15) is 11.5 Å². The van der Waals surface area contributed by atoms with Crippen LogP contribution in [0.3, 0.4) is 0 Å². The first-order chi connectivity index (χ1) is 9.60. The quantitative estimate of drug-likeness (QED) is 0.892. The molecule has 0 aliphatic rings. The molecule has 4 heteroatoms. The highest BCUT2D eigenvalue weighted by Gasteiger charge is 2.10. The molecule has 0 atom stereocenters. The second-order valence-corrected chi connectivity index (χ2v) is 4.81. The molecule has 0 unspecified atom stereocenters. The van der Waals surface area contributed by atoms with E-state index in [1.165, 1.54) is 0 Å². The van der Waals surface area contributed by atoms with E-state index in [-0.39, 0.29) is 6.42 Å². The van der Waals surface area contributed by atoms with Crippen LogP contribution in [0.25, 0.3) is 0 Å². The Bertz CT molecular complexity index is 623. The van der Waals surface area contributed by atoms with Gasteiger partial charge >= 0.3 is 5.97 Å². The molecule has 2 rings (SSSR count). The lowest BCUT2D eigenvalue weighted by Crippen LogP contribution is -2.02. The topological polar surface area (TPSA) is 46.5 Å². The van der Waals surface area contributed by atoms with E-state index < -0.39 is 5.97 Å². The first-order valence-electron chi connectivity index (χ1n) is 6.36. The van der Waals surface area contributed by atoms with Gasteiger partial charge in [-0.2, -0.15) is 0 Å². The van der Waals surface area contributed by atoms with Crippen molar-refractivity contribution < 1.29 is 14.6 Å². The summed E-state index contributed by atoms with van der Waals surface area (Å²) in [4.78, 5) is 10.8. The zero-order chi connectivity index (χ0) is 14.5. The Morgan fingerprint density at radius 3 is 2.60 bits per heavy atom. The van der Waals surface area contributed by atoms with Gasteiger partial charge in [-0.3, -0.25) is 4.79 Å². The van der Waals surface area contributed by atoms with Gasteiger partial charge in [0.25, 0.3) is 0 Å². The van der Waals surface area contributed by atoms with E-state index in [9.17, 15) is 4.79 Å². The van der Waals surface area contributed by atoms with Gasteiger partial charge in [-0.25, -0.2) is 0 Å². The molecule has 0 fully saturated rings. The molecule has 0 amide bonds. The van der Waals surface area contributed by atoms with Gasteiger partial charge < -0.3 is 9.84 Å². The SMILES string of the molecule is CCc1ccc(Oc2ccccc2CC(=O)O)c(Cl)c1. The zero-order valence-corrected chi connectivity index (χ0v) is 11.9. The van der Waals surface area contributed by atoms with E-state index in [2.05, 4.69) is 0 Å². The molecule has 3 nitrogen and oxygen atoms in total. The zero-order valence-electron chi connectivity index (χ0n) is 11.1. The predicted octanol–water partition coefficient (Wildman–Crippen LogP) is 4.32. The fourth-order valence-corrected chi connectivity index (χ4v) is 2.12. The van der Waals surface area contributed by atoms with Crippen molar-refractivity contribution in [3.8, 4) is 11.5 Å². The first kappa shape index (κ1) is 14.4. The molecule has 0 aromatic heterocycles. The first-order valence-corrected chi connectivity index (χ1v) is 6.74. The Hall–Kier alpha value is -2.00. The molecule has 20 heavy (non-hydrogen) atoms. The Kier molecular flexibility index (Phi) is 4.64. The van der Waals surface area contributed by atoms with Crippen LogP contribution in [-0.2, 0) is 17.6 Å². The van der Waals surface area contributed by atoms with Crippen molar-refractivity contribution in [1.82, 2.24) is 0 Å². The summed E-state index contributed by atoms with van der Waals surface area (Å²) in [5.41, 5.74) is 1.75. The molecule has 2 aromatic rings. The van der Waals surface area contributed by atoms with Crippen molar-refractivity contribution in [3.05, 3.63) is 58.6 Å². The lowest BCUT2D eigenvalue weighted by molar-refractivity contribution is -0.136. The van der Waals surface area contributed by atoms with Crippen LogP contribution >= 0.6 is 11.6 Å². The minimum atomic E-state index is -0.895. The fraction of sp³-hybridized carbons (Fsp3) is 0.188. The van der Waals surface area contributed by atoms with Gasteiger partial charge in [0.05, 0.1) is 11.4 Å². The van der Waals surface area contributed by atoms with Crippen LogP contribution in [0.15, 0.2) is 42.5 Å². The third-order valence-corrected chi connectivity index (χ3v) is 3.23. The molecule has 0 heterocycles. The number of carboxylic acid groups (broad SMARTS) is 1. The lowest BCUT2D eigenvalue weighted by Gasteiger charge is -2.11. The van der Waals surface area contributed by atoms with Crippen LogP contribution in [0.1, 0.15) is 18.1 Å². The van der Waals surface area contributed by atoms with Gasteiger partial charge in [0.15, 0.2) is 0 Å². The molecule has 0 saturated heterocycles. The monoisotopic (exact) mass is 290 g/mol. The molecule has 0 radical (unpaired) electrons. The van der Waals surface area contributed by atoms with Crippen LogP contribution in [0.5, 0.6) is 11.5 Å². The summed E-state index contributed by atoms with van der Waals surface area (Å²) in [5.74, 6) is 0.149. The van der Waals surface area contributed by atoms with Crippen LogP contribution in [-0.4, -0.2) is 11.1 Å². The molecule has 1 N–H and O–H groups in total. The van der Waals surface area contributed by atoms with Crippen molar-refractivity contribution in [3.63, 3.8) is 0 Å². The van der Waals surface area contributed by atoms with E-state index in [1.54, 1.807) is 30.3 Å². The van der Waals surface area contributed by atoms with Crippen molar-refractivity contribution in [2.75, 3.05) is 0 Å². The number of para-hydroxylation sites is 1. The molecule has 2 aromatic carbocycles. The number of ether oxygens (including phenoxy) is 1. The summed E-state index contributed by atoms with van der Waals surface area (Å²) in [5, 5.41) is 9.42. The lowest BCUT2D eigenvalue weighted by atomic mass is 10.1. The van der Waals surface area contributed by atoms with E-state index in [1.807, 2.05) is 19.1 Å². The number of aliphatic carboxylic acids is 1. The highest BCUT2D eigenvalue weighted by atomic mass is 35.5. The fourth-order valence-electron chi connectivity index (χ4n) is 1.88. The van der Waals surface area contributed by atoms with Crippen LogP contribution in [0.2, 0.25) is 5.02 Å². The minimum absolute atomic E-state index is 0.0825. The summed E-state index contributed by atoms with van der Waals surface area (Å²) < 4.78 is 5.75. The number of aryl methyl sites for hydroxylation is 1. The number of hydrogen-bond acceptors (Lipinski definition) is 2. The van der Waals surface area contributed by atoms with Gasteiger partial charge in [0, 0.05) is 5.56 Å². The van der Waals surface area contributed by atoms with E-state index in [4.69, 9.17) is 21.4 Å². The average molecular weight is 291 g/mol. The highest BCUT2D eigenvalue weighted by molar-refractivity contribution is 6.32. The Labute approximate surface area is 122 Å². The average Bonchev–Trinajstić information content (AvgIpc) is 2.42. The maximum Gasteiger partial charge on any atom is 0.307 e. The Morgan fingerprint density at radius 1 is 1.20 bits per heavy atom. The highest BCUT2D eigenvalue weighted by Crippen LogP contribution is 2.32. The summed E-state index contributed by atoms with van der Waals surface area (Å²) in [6.45, 7) is 2.05. The molecule has 0 saturated carbocycles. The van der Waals surface area contributed by atoms with Crippen LogP contribution in [0, 0.1) is 0 Å². The summed E-state index contributed by atoms with van der Waals surface area (Å²) >= 11 is 6.17. The summed E-state index contributed by atoms with van der Waals surface area (Å²) in [7, 11) is 0. The third kappa shape index (κ3) is 3.52. The molecule has 0 spiro atoms. The van der Waals surface area contributed by atoms with Crippen molar-refractivity contribution in [1.29, 1.82) is 0 Å². The normalized spacial score (nSPS) is 10.3. The number of hydrogen-bond donors (Lipinski definition) is 1. The molecule has 0 aliphatic carbocycles.